The van der Waals surface area contributed by atoms with Gasteiger partial charge in [-0.25, -0.2) is 38.6 Å². The quantitative estimate of drug-likeness (QED) is 0.0505. The van der Waals surface area contributed by atoms with Crippen molar-refractivity contribution < 1.29 is 69.7 Å². The number of hydrogen-bond donors (Lipinski definition) is 2. The molecule has 0 spiro atoms. The molecule has 0 aromatic heterocycles. The Labute approximate surface area is 386 Å². The Bertz CT molecular complexity index is 1630. The van der Waals surface area contributed by atoms with E-state index in [1.807, 2.05) is 0 Å². The molecule has 2 N–H and O–H groups in total. The highest BCUT2D eigenvalue weighted by atomic mass is 32.3. The molecule has 0 aromatic carbocycles. The van der Waals surface area contributed by atoms with E-state index >= 15 is 0 Å². The number of nitrogens with zero attached hydrogens (tertiary/aromatic N) is 5. The number of likely N-dealkylation sites (N-methyl/N-ethyl adjacent to an activating group) is 1. The highest BCUT2D eigenvalue weighted by Gasteiger charge is 2.49. The molecule has 22 heteroatoms. The zero-order chi connectivity index (χ0) is 49.2. The lowest BCUT2D eigenvalue weighted by Gasteiger charge is -2.39. The van der Waals surface area contributed by atoms with Gasteiger partial charge in [0.2, 0.25) is 10.4 Å². The highest BCUT2D eigenvalue weighted by molar-refractivity contribution is 7.80. The van der Waals surface area contributed by atoms with Crippen LogP contribution in [0.4, 0.5) is 9.59 Å². The fourth-order valence-electron chi connectivity index (χ4n) is 8.07. The number of nitrogens with one attached hydrogen (secondary N) is 2. The maximum Gasteiger partial charge on any atom is 0.346 e. The van der Waals surface area contributed by atoms with Crippen molar-refractivity contribution in [2.75, 3.05) is 59.5 Å². The second-order valence-electron chi connectivity index (χ2n) is 19.1. The Hall–Kier alpha value is -3.83. The molecule has 4 saturated heterocycles. The molecule has 0 saturated carbocycles. The van der Waals surface area contributed by atoms with E-state index in [2.05, 4.69) is 42.9 Å². The van der Waals surface area contributed by atoms with Crippen molar-refractivity contribution >= 4 is 46.2 Å². The zero-order valence-corrected chi connectivity index (χ0v) is 41.6. The molecular formula is C43H79N7O14S. The number of fused-ring (bicyclic) bond motifs is 4. The molecule has 4 rings (SSSR count). The Morgan fingerprint density at radius 3 is 1.38 bits per heavy atom. The predicted octanol–water partition coefficient (Wildman–Crippen LogP) is 4.31. The third-order valence-corrected chi connectivity index (χ3v) is 11.6. The summed E-state index contributed by atoms with van der Waals surface area (Å²) in [5.74, 6) is -2.34. The molecule has 4 aliphatic rings. The number of rotatable bonds is 22. The summed E-state index contributed by atoms with van der Waals surface area (Å²) < 4.78 is 47.8. The third kappa shape index (κ3) is 19.9. The van der Waals surface area contributed by atoms with Gasteiger partial charge in [0, 0.05) is 20.1 Å². The second kappa shape index (κ2) is 26.5. The maximum atomic E-state index is 12.2. The van der Waals surface area contributed by atoms with Crippen LogP contribution in [0.1, 0.15) is 146 Å². The van der Waals surface area contributed by atoms with Crippen LogP contribution in [-0.2, 0) is 53.0 Å². The van der Waals surface area contributed by atoms with Crippen LogP contribution < -0.4 is 11.0 Å². The second-order valence-corrected chi connectivity index (χ2v) is 20.1. The Morgan fingerprint density at radius 2 is 1.02 bits per heavy atom. The van der Waals surface area contributed by atoms with Crippen LogP contribution in [0.15, 0.2) is 0 Å². The minimum atomic E-state index is -5.10. The highest BCUT2D eigenvalue weighted by Crippen LogP contribution is 2.31. The summed E-state index contributed by atoms with van der Waals surface area (Å²) in [6.07, 6.45) is 12.9. The molecule has 0 unspecified atom stereocenters. The molecule has 4 heterocycles. The molecule has 376 valence electrons. The van der Waals surface area contributed by atoms with E-state index < -0.39 is 76.1 Å². The lowest BCUT2D eigenvalue weighted by Crippen LogP contribution is -2.50. The van der Waals surface area contributed by atoms with Gasteiger partial charge < -0.3 is 33.2 Å². The van der Waals surface area contributed by atoms with Gasteiger partial charge in [-0.1, -0.05) is 53.4 Å². The molecule has 6 amide bonds. The van der Waals surface area contributed by atoms with Gasteiger partial charge in [-0.3, -0.25) is 19.3 Å². The van der Waals surface area contributed by atoms with Gasteiger partial charge in [-0.15, -0.1) is 0 Å². The largest absolute Gasteiger partial charge is 0.724 e. The van der Waals surface area contributed by atoms with Crippen LogP contribution in [0.5, 0.6) is 0 Å². The van der Waals surface area contributed by atoms with E-state index in [1.54, 1.807) is 58.4 Å². The molecule has 0 radical (unpaired) electrons. The van der Waals surface area contributed by atoms with Gasteiger partial charge in [-0.05, 0) is 92.9 Å². The van der Waals surface area contributed by atoms with E-state index in [0.717, 1.165) is 11.3 Å². The standard InChI is InChI=1S/C16H36N.C14H23N3O5.C13H21N3O9S/c1-5-9-13-17(14-10-6-2,15-11-7-3)16-12-8-4;1-14(2,3)22-11(18)8-21-15-12(19)10-6-5-9-7-17(10)13(20)16(9)4;1-13(2,3)24-10(17)7-23-14-11(18)9-5-4-8-6-15(9)12(19)16(8)25-26(20,21)22/h5-16H2,1-4H3;9-10H,5-8H2,1-4H3,(H,15,19);8-9H,4-7H2,1-3H3,(H,14,18)(H,20,21,22)/q+1;;/p-1/t;9-,10+;8-,9+/m.11/s1. The van der Waals surface area contributed by atoms with Crippen molar-refractivity contribution in [3.63, 3.8) is 0 Å². The van der Waals surface area contributed by atoms with Crippen LogP contribution in [0.25, 0.3) is 0 Å². The van der Waals surface area contributed by atoms with Crippen LogP contribution in [0.3, 0.4) is 0 Å². The van der Waals surface area contributed by atoms with E-state index in [1.165, 1.54) is 82.0 Å². The summed E-state index contributed by atoms with van der Waals surface area (Å²) in [6, 6.07) is -3.00. The van der Waals surface area contributed by atoms with Crippen LogP contribution in [0.2, 0.25) is 0 Å². The summed E-state index contributed by atoms with van der Waals surface area (Å²) in [5.41, 5.74) is 3.00. The van der Waals surface area contributed by atoms with E-state index in [9.17, 15) is 41.7 Å². The smallest absolute Gasteiger partial charge is 0.346 e. The molecule has 21 nitrogen and oxygen atoms in total. The Kier molecular flexibility index (Phi) is 23.4. The van der Waals surface area contributed by atoms with E-state index in [-0.39, 0.29) is 38.1 Å². The number of hydroxylamine groups is 4. The van der Waals surface area contributed by atoms with Gasteiger partial charge in [0.1, 0.15) is 23.3 Å². The fourth-order valence-corrected chi connectivity index (χ4v) is 8.45. The van der Waals surface area contributed by atoms with Gasteiger partial charge >= 0.3 is 24.0 Å². The number of carbonyl (C=O) groups excluding carboxylic acids is 6. The fraction of sp³-hybridized carbons (Fsp3) is 0.860. The SMILES string of the molecule is CC(C)(C)OC(=O)CONC(=O)[C@@H]1CC[C@@H]2CN1C(=O)N2OS(=O)(=O)[O-].CCCC[N+](CCCC)(CCCC)CCCC.CN1C(=O)N2C[C@H]1CC[C@H]2C(=O)NOCC(=O)OC(C)(C)C. The molecule has 65 heavy (non-hydrogen) atoms. The number of carbonyl (C=O) groups is 6. The van der Waals surface area contributed by atoms with Gasteiger partial charge in [0.25, 0.3) is 11.8 Å². The average Bonchev–Trinajstić information content (AvgIpc) is 3.57. The van der Waals surface area contributed by atoms with Gasteiger partial charge in [0.15, 0.2) is 13.2 Å². The maximum absolute atomic E-state index is 12.2. The average molecular weight is 950 g/mol. The first kappa shape index (κ1) is 57.3. The summed E-state index contributed by atoms with van der Waals surface area (Å²) >= 11 is 0. The normalized spacial score (nSPS) is 20.7. The van der Waals surface area contributed by atoms with E-state index in [0.29, 0.717) is 18.0 Å². The van der Waals surface area contributed by atoms with Crippen molar-refractivity contribution in [1.82, 2.24) is 30.7 Å². The van der Waals surface area contributed by atoms with Gasteiger partial charge in [-0.2, -0.15) is 9.35 Å². The number of piperidine rings is 2. The monoisotopic (exact) mass is 950 g/mol. The summed E-state index contributed by atoms with van der Waals surface area (Å²) in [5, 5.41) is 0.469. The number of urea groups is 2. The van der Waals surface area contributed by atoms with Crippen molar-refractivity contribution in [3.8, 4) is 0 Å². The number of ether oxygens (including phenoxy) is 2. The molecule has 0 aliphatic carbocycles. The first-order valence-electron chi connectivity index (χ1n) is 23.2. The zero-order valence-electron chi connectivity index (χ0n) is 40.8. The Balaban J connectivity index is 0.000000343. The number of hydrogen-bond acceptors (Lipinski definition) is 14. The minimum absolute atomic E-state index is 0.0263. The lowest BCUT2D eigenvalue weighted by atomic mass is 10.0. The summed E-state index contributed by atoms with van der Waals surface area (Å²) in [4.78, 5) is 85.4. The van der Waals surface area contributed by atoms with Crippen molar-refractivity contribution in [2.24, 2.45) is 0 Å². The summed E-state index contributed by atoms with van der Waals surface area (Å²) in [7, 11) is -3.36. The predicted molar refractivity (Wildman–Crippen MR) is 237 cm³/mol. The molecule has 0 aromatic rings. The molecule has 4 bridgehead atoms. The number of amides is 6. The van der Waals surface area contributed by atoms with Crippen LogP contribution in [0, 0.1) is 0 Å². The van der Waals surface area contributed by atoms with Crippen molar-refractivity contribution in [1.29, 1.82) is 0 Å². The first-order chi connectivity index (χ1) is 30.3. The van der Waals surface area contributed by atoms with Gasteiger partial charge in [0.05, 0.1) is 38.3 Å². The first-order valence-corrected chi connectivity index (χ1v) is 24.5. The molecule has 4 aliphatic heterocycles. The Morgan fingerprint density at radius 1 is 0.646 bits per heavy atom. The van der Waals surface area contributed by atoms with Crippen molar-refractivity contribution in [2.45, 2.75) is 182 Å². The minimum Gasteiger partial charge on any atom is -0.724 e. The van der Waals surface area contributed by atoms with Crippen LogP contribution >= 0.6 is 0 Å². The number of esters is 2. The molecule has 4 fully saturated rings. The van der Waals surface area contributed by atoms with E-state index in [4.69, 9.17) is 19.1 Å². The third-order valence-electron chi connectivity index (χ3n) is 11.3. The van der Waals surface area contributed by atoms with Crippen LogP contribution in [-0.4, -0.2) is 168 Å². The topological polar surface area (TPSA) is 243 Å². The molecular weight excluding hydrogens is 871 g/mol. The lowest BCUT2D eigenvalue weighted by molar-refractivity contribution is -0.929. The van der Waals surface area contributed by atoms with Crippen molar-refractivity contribution in [3.05, 3.63) is 0 Å². The number of quaternary nitrogens is 1. The molecule has 4 atom stereocenters. The summed E-state index contributed by atoms with van der Waals surface area (Å²) in [6.45, 7) is 25.0. The number of unbranched alkanes of at least 4 members (excludes halogenated alkanes) is 4.